The molecule has 1 aliphatic rings. The maximum absolute atomic E-state index is 13.2. The summed E-state index contributed by atoms with van der Waals surface area (Å²) in [4.78, 5) is 15.6. The van der Waals surface area contributed by atoms with Gasteiger partial charge in [-0.3, -0.25) is 15.0 Å². The van der Waals surface area contributed by atoms with Crippen molar-refractivity contribution in [2.24, 2.45) is 0 Å². The van der Waals surface area contributed by atoms with E-state index in [2.05, 4.69) is 39.9 Å². The Bertz CT molecular complexity index is 1490. The number of hydrogen-bond acceptors (Lipinski definition) is 5. The van der Waals surface area contributed by atoms with Gasteiger partial charge in [-0.05, 0) is 78.5 Å². The number of piperidine rings is 1. The van der Waals surface area contributed by atoms with Crippen LogP contribution in [0.15, 0.2) is 103 Å². The first kappa shape index (κ1) is 31.3. The second-order valence-corrected chi connectivity index (χ2v) is 10.8. The fourth-order valence-corrected chi connectivity index (χ4v) is 5.40. The summed E-state index contributed by atoms with van der Waals surface area (Å²) in [6.07, 6.45) is -2.58. The van der Waals surface area contributed by atoms with Crippen molar-refractivity contribution in [3.63, 3.8) is 0 Å². The topological polar surface area (TPSA) is 65.6 Å². The molecule has 5 rings (SSSR count). The van der Waals surface area contributed by atoms with Crippen molar-refractivity contribution < 1.29 is 22.7 Å². The van der Waals surface area contributed by atoms with E-state index in [-0.39, 0.29) is 12.1 Å². The minimum atomic E-state index is -4.42. The standard InChI is InChI=1S/C35H37F3N4O2/c1-2-39-24-44-34(26-8-4-3-5-9-26)42-22-20-30(21-23-42)40-28-16-18-29(19-17-28)41-33(43)32-11-7-6-10-31(32)25-12-14-27(15-13-25)35(36,37)38/h3-19,30,34,39-40H,2,20-24H2,1H3,(H,41,43). The monoisotopic (exact) mass is 602 g/mol. The minimum Gasteiger partial charge on any atom is -0.382 e. The second kappa shape index (κ2) is 14.5. The average molecular weight is 603 g/mol. The number of anilines is 2. The molecule has 3 N–H and O–H groups in total. The lowest BCUT2D eigenvalue weighted by Crippen LogP contribution is -2.42. The van der Waals surface area contributed by atoms with Gasteiger partial charge in [0.05, 0.1) is 12.3 Å². The van der Waals surface area contributed by atoms with Gasteiger partial charge in [-0.1, -0.05) is 67.6 Å². The highest BCUT2D eigenvalue weighted by Gasteiger charge is 2.30. The first-order valence-corrected chi connectivity index (χ1v) is 14.9. The summed E-state index contributed by atoms with van der Waals surface area (Å²) >= 11 is 0. The summed E-state index contributed by atoms with van der Waals surface area (Å²) < 4.78 is 45.2. The van der Waals surface area contributed by atoms with E-state index in [4.69, 9.17) is 4.74 Å². The Morgan fingerprint density at radius 2 is 1.50 bits per heavy atom. The van der Waals surface area contributed by atoms with Gasteiger partial charge in [-0.2, -0.15) is 13.2 Å². The third kappa shape index (κ3) is 8.05. The fourth-order valence-electron chi connectivity index (χ4n) is 5.40. The number of likely N-dealkylation sites (tertiary alicyclic amines) is 1. The van der Waals surface area contributed by atoms with Gasteiger partial charge in [0.25, 0.3) is 5.91 Å². The van der Waals surface area contributed by atoms with E-state index >= 15 is 0 Å². The van der Waals surface area contributed by atoms with Gasteiger partial charge >= 0.3 is 6.18 Å². The van der Waals surface area contributed by atoms with Gasteiger partial charge in [0.15, 0.2) is 0 Å². The summed E-state index contributed by atoms with van der Waals surface area (Å²) in [5.41, 5.74) is 3.49. The zero-order chi connectivity index (χ0) is 30.9. The summed E-state index contributed by atoms with van der Waals surface area (Å²) in [6.45, 7) is 5.21. The Balaban J connectivity index is 1.17. The van der Waals surface area contributed by atoms with Crippen LogP contribution in [-0.4, -0.2) is 43.2 Å². The highest BCUT2D eigenvalue weighted by atomic mass is 19.4. The zero-order valence-electron chi connectivity index (χ0n) is 24.6. The van der Waals surface area contributed by atoms with Crippen molar-refractivity contribution in [2.45, 2.75) is 38.2 Å². The molecule has 1 unspecified atom stereocenters. The van der Waals surface area contributed by atoms with Crippen LogP contribution in [0.2, 0.25) is 0 Å². The van der Waals surface area contributed by atoms with Crippen LogP contribution < -0.4 is 16.0 Å². The number of rotatable bonds is 11. The van der Waals surface area contributed by atoms with Crippen LogP contribution in [-0.2, 0) is 10.9 Å². The molecule has 230 valence electrons. The van der Waals surface area contributed by atoms with Gasteiger partial charge in [-0.25, -0.2) is 0 Å². The van der Waals surface area contributed by atoms with Crippen LogP contribution in [0.5, 0.6) is 0 Å². The van der Waals surface area contributed by atoms with E-state index in [1.807, 2.05) is 42.5 Å². The first-order valence-electron chi connectivity index (χ1n) is 14.9. The van der Waals surface area contributed by atoms with Crippen LogP contribution in [0.3, 0.4) is 0 Å². The smallest absolute Gasteiger partial charge is 0.382 e. The number of halogens is 3. The summed E-state index contributed by atoms with van der Waals surface area (Å²) in [6, 6.07) is 29.9. The third-order valence-electron chi connectivity index (χ3n) is 7.75. The maximum Gasteiger partial charge on any atom is 0.416 e. The number of hydrogen-bond donors (Lipinski definition) is 3. The molecule has 0 aromatic heterocycles. The summed E-state index contributed by atoms with van der Waals surface area (Å²) in [7, 11) is 0. The third-order valence-corrected chi connectivity index (χ3v) is 7.75. The second-order valence-electron chi connectivity index (χ2n) is 10.8. The van der Waals surface area contributed by atoms with E-state index in [0.717, 1.165) is 55.9 Å². The number of benzene rings is 4. The van der Waals surface area contributed by atoms with Crippen molar-refractivity contribution in [3.8, 4) is 11.1 Å². The molecule has 0 radical (unpaired) electrons. The van der Waals surface area contributed by atoms with Gasteiger partial charge < -0.3 is 15.4 Å². The predicted octanol–water partition coefficient (Wildman–Crippen LogP) is 7.78. The van der Waals surface area contributed by atoms with Gasteiger partial charge in [0.2, 0.25) is 0 Å². The number of alkyl halides is 3. The number of carbonyl (C=O) groups excluding carboxylic acids is 1. The van der Waals surface area contributed by atoms with E-state index < -0.39 is 11.7 Å². The molecule has 44 heavy (non-hydrogen) atoms. The SMILES string of the molecule is CCNCOC(c1ccccc1)N1CCC(Nc2ccc(NC(=O)c3ccccc3-c3ccc(C(F)(F)F)cc3)cc2)CC1. The van der Waals surface area contributed by atoms with Crippen molar-refractivity contribution >= 4 is 17.3 Å². The molecule has 4 aromatic rings. The predicted molar refractivity (Wildman–Crippen MR) is 168 cm³/mol. The van der Waals surface area contributed by atoms with Crippen molar-refractivity contribution in [1.82, 2.24) is 10.2 Å². The number of ether oxygens (including phenoxy) is 1. The highest BCUT2D eigenvalue weighted by molar-refractivity contribution is 6.08. The normalized spacial score (nSPS) is 15.1. The fraction of sp³-hybridized carbons (Fsp3) is 0.286. The van der Waals surface area contributed by atoms with Gasteiger partial charge in [0, 0.05) is 36.1 Å². The van der Waals surface area contributed by atoms with E-state index in [9.17, 15) is 18.0 Å². The molecule has 1 fully saturated rings. The minimum absolute atomic E-state index is 0.0940. The molecule has 0 bridgehead atoms. The summed E-state index contributed by atoms with van der Waals surface area (Å²) in [5.74, 6) is -0.335. The van der Waals surface area contributed by atoms with E-state index in [1.54, 1.807) is 24.3 Å². The lowest BCUT2D eigenvalue weighted by atomic mass is 9.98. The van der Waals surface area contributed by atoms with E-state index in [1.165, 1.54) is 12.1 Å². The average Bonchev–Trinajstić information content (AvgIpc) is 3.05. The maximum atomic E-state index is 13.2. The zero-order valence-corrected chi connectivity index (χ0v) is 24.6. The van der Waals surface area contributed by atoms with Crippen LogP contribution in [0.4, 0.5) is 24.5 Å². The lowest BCUT2D eigenvalue weighted by Gasteiger charge is -2.38. The molecule has 1 saturated heterocycles. The molecule has 0 aliphatic carbocycles. The van der Waals surface area contributed by atoms with Crippen molar-refractivity contribution in [3.05, 3.63) is 120 Å². The molecular weight excluding hydrogens is 565 g/mol. The van der Waals surface area contributed by atoms with Gasteiger partial charge in [0.1, 0.15) is 6.23 Å². The van der Waals surface area contributed by atoms with E-state index in [0.29, 0.717) is 35.2 Å². The van der Waals surface area contributed by atoms with Crippen molar-refractivity contribution in [2.75, 3.05) is 37.0 Å². The van der Waals surface area contributed by atoms with Crippen molar-refractivity contribution in [1.29, 1.82) is 0 Å². The Morgan fingerprint density at radius 3 is 2.16 bits per heavy atom. The van der Waals surface area contributed by atoms with Crippen LogP contribution in [0.1, 0.15) is 47.5 Å². The number of nitrogens with zero attached hydrogens (tertiary/aromatic N) is 1. The molecule has 1 aliphatic heterocycles. The Morgan fingerprint density at radius 1 is 0.864 bits per heavy atom. The number of amides is 1. The Kier molecular flexibility index (Phi) is 10.3. The van der Waals surface area contributed by atoms with Gasteiger partial charge in [-0.15, -0.1) is 0 Å². The first-order chi connectivity index (χ1) is 21.3. The molecule has 0 spiro atoms. The molecular formula is C35H37F3N4O2. The molecule has 0 saturated carbocycles. The Hall–Kier alpha value is -4.18. The molecule has 4 aromatic carbocycles. The molecule has 1 heterocycles. The number of carbonyl (C=O) groups is 1. The summed E-state index contributed by atoms with van der Waals surface area (Å²) in [5, 5.41) is 9.78. The number of nitrogens with one attached hydrogen (secondary N) is 3. The van der Waals surface area contributed by atoms with Crippen LogP contribution in [0, 0.1) is 0 Å². The molecule has 1 amide bonds. The van der Waals surface area contributed by atoms with Crippen LogP contribution in [0.25, 0.3) is 11.1 Å². The Labute approximate surface area is 256 Å². The highest BCUT2D eigenvalue weighted by Crippen LogP contribution is 2.32. The quantitative estimate of drug-likeness (QED) is 0.121. The molecule has 6 nitrogen and oxygen atoms in total. The largest absolute Gasteiger partial charge is 0.416 e. The lowest BCUT2D eigenvalue weighted by molar-refractivity contribution is -0.137. The van der Waals surface area contributed by atoms with Crippen LogP contribution >= 0.6 is 0 Å². The molecule has 1 atom stereocenters. The molecule has 9 heteroatoms.